The number of hydrogen-bond donors (Lipinski definition) is 1. The van der Waals surface area contributed by atoms with E-state index in [0.717, 1.165) is 18.9 Å². The molecule has 1 rings (SSSR count). The maximum atomic E-state index is 8.78. The maximum absolute atomic E-state index is 8.78. The quantitative estimate of drug-likeness (QED) is 0.728. The molecule has 1 aliphatic rings. The molecule has 17 heavy (non-hydrogen) atoms. The first kappa shape index (κ1) is 14.5. The van der Waals surface area contributed by atoms with Crippen LogP contribution < -0.4 is 5.32 Å². The van der Waals surface area contributed by atoms with Gasteiger partial charge in [-0.3, -0.25) is 0 Å². The monoisotopic (exact) mass is 236 g/mol. The zero-order valence-corrected chi connectivity index (χ0v) is 11.8. The summed E-state index contributed by atoms with van der Waals surface area (Å²) in [6, 6.07) is 2.68. The van der Waals surface area contributed by atoms with E-state index in [2.05, 4.69) is 32.2 Å². The summed E-state index contributed by atoms with van der Waals surface area (Å²) in [6.45, 7) is 7.93. The molecule has 0 aromatic rings. The van der Waals surface area contributed by atoms with Crippen LogP contribution in [0.15, 0.2) is 0 Å². The Hall–Kier alpha value is -0.550. The predicted molar refractivity (Wildman–Crippen MR) is 72.7 cm³/mol. The fourth-order valence-corrected chi connectivity index (χ4v) is 3.28. The van der Waals surface area contributed by atoms with Crippen molar-refractivity contribution in [1.29, 1.82) is 5.26 Å². The summed E-state index contributed by atoms with van der Waals surface area (Å²) in [6.07, 6.45) is 8.58. The van der Waals surface area contributed by atoms with Gasteiger partial charge in [-0.1, -0.05) is 33.6 Å². The molecule has 1 saturated carbocycles. The van der Waals surface area contributed by atoms with E-state index in [1.807, 2.05) is 0 Å². The average molecular weight is 236 g/mol. The van der Waals surface area contributed by atoms with E-state index in [0.29, 0.717) is 17.9 Å². The van der Waals surface area contributed by atoms with Crippen molar-refractivity contribution in [3.63, 3.8) is 0 Å². The van der Waals surface area contributed by atoms with Crippen LogP contribution in [0.2, 0.25) is 0 Å². The van der Waals surface area contributed by atoms with E-state index in [1.54, 1.807) is 0 Å². The molecule has 0 aliphatic heterocycles. The molecule has 0 aromatic carbocycles. The highest BCUT2D eigenvalue weighted by Gasteiger charge is 2.34. The van der Waals surface area contributed by atoms with Gasteiger partial charge in [-0.2, -0.15) is 5.26 Å². The third-order valence-corrected chi connectivity index (χ3v) is 4.10. The van der Waals surface area contributed by atoms with Gasteiger partial charge in [0.05, 0.1) is 12.5 Å². The van der Waals surface area contributed by atoms with Crippen molar-refractivity contribution in [3.8, 4) is 6.07 Å². The zero-order valence-electron chi connectivity index (χ0n) is 11.8. The van der Waals surface area contributed by atoms with Gasteiger partial charge < -0.3 is 5.32 Å². The first-order valence-corrected chi connectivity index (χ1v) is 7.22. The van der Waals surface area contributed by atoms with Crippen LogP contribution in [-0.4, -0.2) is 12.6 Å². The Morgan fingerprint density at radius 1 is 1.29 bits per heavy atom. The SMILES string of the molecule is CCC(CC#N)NCC1(CC(C)C)CCCC1. The maximum Gasteiger partial charge on any atom is 0.0638 e. The van der Waals surface area contributed by atoms with E-state index in [4.69, 9.17) is 5.26 Å². The van der Waals surface area contributed by atoms with E-state index >= 15 is 0 Å². The van der Waals surface area contributed by atoms with Gasteiger partial charge >= 0.3 is 0 Å². The summed E-state index contributed by atoms with van der Waals surface area (Å²) in [4.78, 5) is 0. The Bertz CT molecular complexity index is 246. The highest BCUT2D eigenvalue weighted by atomic mass is 14.9. The van der Waals surface area contributed by atoms with Gasteiger partial charge in [0.1, 0.15) is 0 Å². The minimum Gasteiger partial charge on any atom is -0.312 e. The number of nitriles is 1. The van der Waals surface area contributed by atoms with Crippen LogP contribution in [0.1, 0.15) is 65.7 Å². The van der Waals surface area contributed by atoms with Crippen LogP contribution in [0.3, 0.4) is 0 Å². The lowest BCUT2D eigenvalue weighted by Crippen LogP contribution is -2.39. The van der Waals surface area contributed by atoms with E-state index in [1.165, 1.54) is 32.1 Å². The second kappa shape index (κ2) is 7.01. The summed E-state index contributed by atoms with van der Waals surface area (Å²) in [5.41, 5.74) is 0.525. The average Bonchev–Trinajstić information content (AvgIpc) is 2.72. The number of hydrogen-bond acceptors (Lipinski definition) is 2. The van der Waals surface area contributed by atoms with Crippen molar-refractivity contribution < 1.29 is 0 Å². The summed E-state index contributed by atoms with van der Waals surface area (Å²) < 4.78 is 0. The van der Waals surface area contributed by atoms with Crippen molar-refractivity contribution in [1.82, 2.24) is 5.32 Å². The Morgan fingerprint density at radius 2 is 1.94 bits per heavy atom. The number of nitrogens with zero attached hydrogens (tertiary/aromatic N) is 1. The highest BCUT2D eigenvalue weighted by Crippen LogP contribution is 2.42. The molecule has 98 valence electrons. The predicted octanol–water partition coefficient (Wildman–Crippen LogP) is 3.87. The molecule has 1 aliphatic carbocycles. The highest BCUT2D eigenvalue weighted by molar-refractivity contribution is 4.89. The van der Waals surface area contributed by atoms with Gasteiger partial charge in [0.2, 0.25) is 0 Å². The molecule has 0 spiro atoms. The van der Waals surface area contributed by atoms with Crippen LogP contribution in [-0.2, 0) is 0 Å². The van der Waals surface area contributed by atoms with Crippen LogP contribution in [0.4, 0.5) is 0 Å². The molecule has 2 heteroatoms. The number of nitrogens with one attached hydrogen (secondary N) is 1. The first-order chi connectivity index (χ1) is 8.12. The lowest BCUT2D eigenvalue weighted by Gasteiger charge is -2.33. The topological polar surface area (TPSA) is 35.8 Å². The fraction of sp³-hybridized carbons (Fsp3) is 0.933. The van der Waals surface area contributed by atoms with E-state index in [9.17, 15) is 0 Å². The van der Waals surface area contributed by atoms with Crippen LogP contribution in [0, 0.1) is 22.7 Å². The molecule has 0 amide bonds. The Kier molecular flexibility index (Phi) is 5.98. The smallest absolute Gasteiger partial charge is 0.0638 e. The standard InChI is InChI=1S/C15H28N2/c1-4-14(7-10-16)17-12-15(11-13(2)3)8-5-6-9-15/h13-14,17H,4-9,11-12H2,1-3H3. The Labute approximate surface area is 107 Å². The van der Waals surface area contributed by atoms with Gasteiger partial charge in [-0.25, -0.2) is 0 Å². The molecule has 0 heterocycles. The molecule has 1 unspecified atom stereocenters. The third kappa shape index (κ3) is 4.68. The van der Waals surface area contributed by atoms with Crippen molar-refractivity contribution in [2.45, 2.75) is 71.8 Å². The van der Waals surface area contributed by atoms with Crippen LogP contribution >= 0.6 is 0 Å². The van der Waals surface area contributed by atoms with Crippen molar-refractivity contribution in [3.05, 3.63) is 0 Å². The van der Waals surface area contributed by atoms with E-state index < -0.39 is 0 Å². The Morgan fingerprint density at radius 3 is 2.41 bits per heavy atom. The lowest BCUT2D eigenvalue weighted by molar-refractivity contribution is 0.214. The third-order valence-electron chi connectivity index (χ3n) is 4.10. The summed E-state index contributed by atoms with van der Waals surface area (Å²) in [5, 5.41) is 12.4. The molecular weight excluding hydrogens is 208 g/mol. The van der Waals surface area contributed by atoms with E-state index in [-0.39, 0.29) is 0 Å². The molecule has 1 atom stereocenters. The van der Waals surface area contributed by atoms with Crippen molar-refractivity contribution in [2.75, 3.05) is 6.54 Å². The van der Waals surface area contributed by atoms with Crippen molar-refractivity contribution in [2.24, 2.45) is 11.3 Å². The molecule has 1 N–H and O–H groups in total. The molecule has 0 radical (unpaired) electrons. The first-order valence-electron chi connectivity index (χ1n) is 7.22. The minimum absolute atomic E-state index is 0.393. The second-order valence-electron chi connectivity index (χ2n) is 6.15. The van der Waals surface area contributed by atoms with Crippen molar-refractivity contribution >= 4 is 0 Å². The summed E-state index contributed by atoms with van der Waals surface area (Å²) in [5.74, 6) is 0.783. The molecule has 0 bridgehead atoms. The van der Waals surface area contributed by atoms with Crippen LogP contribution in [0.5, 0.6) is 0 Å². The zero-order chi connectivity index (χ0) is 12.7. The molecular formula is C15H28N2. The minimum atomic E-state index is 0.393. The molecule has 0 aromatic heterocycles. The van der Waals surface area contributed by atoms with Gasteiger partial charge in [0.15, 0.2) is 0 Å². The Balaban J connectivity index is 2.47. The summed E-state index contributed by atoms with van der Waals surface area (Å²) >= 11 is 0. The van der Waals surface area contributed by atoms with Gasteiger partial charge in [0, 0.05) is 12.6 Å². The van der Waals surface area contributed by atoms with Gasteiger partial charge in [-0.15, -0.1) is 0 Å². The fourth-order valence-electron chi connectivity index (χ4n) is 3.28. The molecule has 1 fully saturated rings. The van der Waals surface area contributed by atoms with Gasteiger partial charge in [-0.05, 0) is 37.0 Å². The second-order valence-corrected chi connectivity index (χ2v) is 6.15. The molecule has 0 saturated heterocycles. The summed E-state index contributed by atoms with van der Waals surface area (Å²) in [7, 11) is 0. The van der Waals surface area contributed by atoms with Gasteiger partial charge in [0.25, 0.3) is 0 Å². The van der Waals surface area contributed by atoms with Crippen LogP contribution in [0.25, 0.3) is 0 Å². The lowest BCUT2D eigenvalue weighted by atomic mass is 9.78. The normalized spacial score (nSPS) is 20.4. The largest absolute Gasteiger partial charge is 0.312 e. The molecule has 2 nitrogen and oxygen atoms in total. The number of rotatable bonds is 7.